The fourth-order valence-electron chi connectivity index (χ4n) is 1.11. The van der Waals surface area contributed by atoms with Gasteiger partial charge in [0.2, 0.25) is 0 Å². The minimum absolute atomic E-state index is 0.300. The van der Waals surface area contributed by atoms with Crippen molar-refractivity contribution in [1.29, 1.82) is 5.26 Å². The molecule has 0 heterocycles. The summed E-state index contributed by atoms with van der Waals surface area (Å²) in [5, 5.41) is 8.82. The zero-order valence-corrected chi connectivity index (χ0v) is 9.17. The average molecular weight is 223 g/mol. The van der Waals surface area contributed by atoms with E-state index < -0.39 is 5.97 Å². The second-order valence-corrected chi connectivity index (χ2v) is 3.16. The number of methoxy groups -OCH3 is 2. The van der Waals surface area contributed by atoms with Crippen LogP contribution in [0, 0.1) is 11.3 Å². The number of ether oxygens (including phenoxy) is 2. The van der Waals surface area contributed by atoms with E-state index in [0.717, 1.165) is 0 Å². The summed E-state index contributed by atoms with van der Waals surface area (Å²) < 4.78 is 9.53. The van der Waals surface area contributed by atoms with Crippen molar-refractivity contribution in [3.05, 3.63) is 23.3 Å². The molecule has 0 bridgehead atoms. The molecule has 5 heteroatoms. The second kappa shape index (κ2) is 4.71. The first-order chi connectivity index (χ1) is 7.13. The van der Waals surface area contributed by atoms with E-state index in [9.17, 15) is 4.79 Å². The Morgan fingerprint density at radius 2 is 2.13 bits per heavy atom. The lowest BCUT2D eigenvalue weighted by Gasteiger charge is -2.07. The highest BCUT2D eigenvalue weighted by Crippen LogP contribution is 2.26. The molecular weight excluding hydrogens is 214 g/mol. The molecule has 0 spiro atoms. The molecule has 1 rings (SSSR count). The summed E-state index contributed by atoms with van der Waals surface area (Å²) in [4.78, 5) is 11.6. The Hall–Kier alpha value is -1.67. The van der Waals surface area contributed by atoms with Gasteiger partial charge in [0.05, 0.1) is 19.8 Å². The standard InChI is InChI=1S/C10H9NO3S/c1-13-8-3-6(10(12)14-2)4-9(15)7(8)5-11/h3-4,15H,1-2H3. The molecule has 0 aliphatic heterocycles. The van der Waals surface area contributed by atoms with Crippen molar-refractivity contribution in [2.45, 2.75) is 4.90 Å². The normalized spacial score (nSPS) is 9.20. The zero-order chi connectivity index (χ0) is 11.4. The van der Waals surface area contributed by atoms with E-state index in [0.29, 0.717) is 21.8 Å². The number of nitrogens with zero attached hydrogens (tertiary/aromatic N) is 1. The van der Waals surface area contributed by atoms with E-state index >= 15 is 0 Å². The molecule has 4 nitrogen and oxygen atoms in total. The van der Waals surface area contributed by atoms with Crippen LogP contribution < -0.4 is 4.74 Å². The molecule has 0 N–H and O–H groups in total. The van der Waals surface area contributed by atoms with Gasteiger partial charge >= 0.3 is 5.97 Å². The molecule has 0 aliphatic carbocycles. The molecule has 0 saturated heterocycles. The van der Waals surface area contributed by atoms with Crippen molar-refractivity contribution in [3.8, 4) is 11.8 Å². The molecule has 0 radical (unpaired) electrons. The van der Waals surface area contributed by atoms with E-state index in [2.05, 4.69) is 17.4 Å². The van der Waals surface area contributed by atoms with Crippen molar-refractivity contribution in [2.24, 2.45) is 0 Å². The maximum absolute atomic E-state index is 11.2. The monoisotopic (exact) mass is 223 g/mol. The molecule has 0 saturated carbocycles. The number of benzene rings is 1. The maximum atomic E-state index is 11.2. The lowest BCUT2D eigenvalue weighted by Crippen LogP contribution is -2.03. The molecule has 15 heavy (non-hydrogen) atoms. The van der Waals surface area contributed by atoms with Crippen LogP contribution in [0.5, 0.6) is 5.75 Å². The predicted octanol–water partition coefficient (Wildman–Crippen LogP) is 1.64. The van der Waals surface area contributed by atoms with Crippen LogP contribution in [-0.4, -0.2) is 20.2 Å². The number of carbonyl (C=O) groups excluding carboxylic acids is 1. The van der Waals surface area contributed by atoms with E-state index in [1.807, 2.05) is 6.07 Å². The molecule has 0 amide bonds. The summed E-state index contributed by atoms with van der Waals surface area (Å²) in [5.74, 6) is -0.182. The Kier molecular flexibility index (Phi) is 3.58. The van der Waals surface area contributed by atoms with Gasteiger partial charge in [-0.25, -0.2) is 4.79 Å². The summed E-state index contributed by atoms with van der Waals surface area (Å²) in [6, 6.07) is 4.86. The van der Waals surface area contributed by atoms with Crippen molar-refractivity contribution in [2.75, 3.05) is 14.2 Å². The Morgan fingerprint density at radius 3 is 2.60 bits per heavy atom. The van der Waals surface area contributed by atoms with Crippen LogP contribution in [0.3, 0.4) is 0 Å². The third-order valence-electron chi connectivity index (χ3n) is 1.83. The van der Waals surface area contributed by atoms with E-state index in [-0.39, 0.29) is 0 Å². The highest BCUT2D eigenvalue weighted by molar-refractivity contribution is 7.80. The third kappa shape index (κ3) is 2.22. The van der Waals surface area contributed by atoms with E-state index in [4.69, 9.17) is 10.00 Å². The van der Waals surface area contributed by atoms with Gasteiger partial charge in [0.25, 0.3) is 0 Å². The summed E-state index contributed by atoms with van der Waals surface area (Å²) in [6.07, 6.45) is 0. The molecule has 1 aromatic rings. The zero-order valence-electron chi connectivity index (χ0n) is 8.27. The summed E-state index contributed by atoms with van der Waals surface area (Å²) in [6.45, 7) is 0. The van der Waals surface area contributed by atoms with Crippen LogP contribution >= 0.6 is 12.6 Å². The highest BCUT2D eigenvalue weighted by atomic mass is 32.1. The van der Waals surface area contributed by atoms with Gasteiger partial charge in [0.1, 0.15) is 17.4 Å². The number of rotatable bonds is 2. The number of hydrogen-bond donors (Lipinski definition) is 1. The molecule has 78 valence electrons. The first-order valence-electron chi connectivity index (χ1n) is 4.03. The number of esters is 1. The van der Waals surface area contributed by atoms with E-state index in [1.54, 1.807) is 0 Å². The molecule has 0 unspecified atom stereocenters. The first kappa shape index (κ1) is 11.4. The first-order valence-corrected chi connectivity index (χ1v) is 4.48. The van der Waals surface area contributed by atoms with Gasteiger partial charge in [-0.2, -0.15) is 5.26 Å². The fourth-order valence-corrected chi connectivity index (χ4v) is 1.41. The number of nitriles is 1. The number of thiol groups is 1. The number of carbonyl (C=O) groups is 1. The Labute approximate surface area is 92.8 Å². The van der Waals surface area contributed by atoms with Crippen LogP contribution in [-0.2, 0) is 4.74 Å². The van der Waals surface area contributed by atoms with Gasteiger partial charge in [0, 0.05) is 4.90 Å². The summed E-state index contributed by atoms with van der Waals surface area (Å²) in [7, 11) is 2.70. The lowest BCUT2D eigenvalue weighted by atomic mass is 10.1. The van der Waals surface area contributed by atoms with Crippen LogP contribution in [0.15, 0.2) is 17.0 Å². The molecule has 0 aliphatic rings. The van der Waals surface area contributed by atoms with Gasteiger partial charge in [-0.05, 0) is 12.1 Å². The van der Waals surface area contributed by atoms with Crippen molar-refractivity contribution in [3.63, 3.8) is 0 Å². The van der Waals surface area contributed by atoms with E-state index in [1.165, 1.54) is 26.4 Å². The van der Waals surface area contributed by atoms with Gasteiger partial charge < -0.3 is 9.47 Å². The topological polar surface area (TPSA) is 59.3 Å². The molecule has 0 fully saturated rings. The van der Waals surface area contributed by atoms with Crippen molar-refractivity contribution < 1.29 is 14.3 Å². The third-order valence-corrected chi connectivity index (χ3v) is 2.19. The smallest absolute Gasteiger partial charge is 0.338 e. The average Bonchev–Trinajstić information content (AvgIpc) is 2.26. The quantitative estimate of drug-likeness (QED) is 0.611. The van der Waals surface area contributed by atoms with Crippen LogP contribution in [0.25, 0.3) is 0 Å². The van der Waals surface area contributed by atoms with Gasteiger partial charge in [0.15, 0.2) is 0 Å². The largest absolute Gasteiger partial charge is 0.495 e. The maximum Gasteiger partial charge on any atom is 0.338 e. The van der Waals surface area contributed by atoms with Gasteiger partial charge in [-0.1, -0.05) is 0 Å². The van der Waals surface area contributed by atoms with Crippen molar-refractivity contribution >= 4 is 18.6 Å². The Bertz CT molecular complexity index is 437. The molecular formula is C10H9NO3S. The number of hydrogen-bond acceptors (Lipinski definition) is 5. The summed E-state index contributed by atoms with van der Waals surface area (Å²) in [5.41, 5.74) is 0.604. The van der Waals surface area contributed by atoms with Gasteiger partial charge in [-0.3, -0.25) is 0 Å². The van der Waals surface area contributed by atoms with Crippen LogP contribution in [0.2, 0.25) is 0 Å². The van der Waals surface area contributed by atoms with Gasteiger partial charge in [-0.15, -0.1) is 12.6 Å². The van der Waals surface area contributed by atoms with Crippen LogP contribution in [0.1, 0.15) is 15.9 Å². The molecule has 0 aromatic heterocycles. The Morgan fingerprint density at radius 1 is 1.47 bits per heavy atom. The fraction of sp³-hybridized carbons (Fsp3) is 0.200. The van der Waals surface area contributed by atoms with Crippen molar-refractivity contribution in [1.82, 2.24) is 0 Å². The minimum Gasteiger partial charge on any atom is -0.495 e. The second-order valence-electron chi connectivity index (χ2n) is 2.68. The summed E-state index contributed by atoms with van der Waals surface area (Å²) >= 11 is 4.09. The Balaban J connectivity index is 3.33. The predicted molar refractivity (Wildman–Crippen MR) is 56.3 cm³/mol. The lowest BCUT2D eigenvalue weighted by molar-refractivity contribution is 0.0600. The highest BCUT2D eigenvalue weighted by Gasteiger charge is 2.13. The SMILES string of the molecule is COC(=O)c1cc(S)c(C#N)c(OC)c1. The molecule has 0 atom stereocenters. The molecule has 1 aromatic carbocycles. The van der Waals surface area contributed by atoms with Crippen LogP contribution in [0.4, 0.5) is 0 Å². The minimum atomic E-state index is -0.493.